The first kappa shape index (κ1) is 9.68. The Kier molecular flexibility index (Phi) is 2.98. The number of alkyl halides is 1. The first-order valence-electron chi connectivity index (χ1n) is 3.44. The van der Waals surface area contributed by atoms with Crippen molar-refractivity contribution in [1.82, 2.24) is 4.98 Å². The number of pyridine rings is 1. The van der Waals surface area contributed by atoms with Gasteiger partial charge in [-0.15, -0.1) is 0 Å². The van der Waals surface area contributed by atoms with Crippen molar-refractivity contribution in [2.24, 2.45) is 0 Å². The van der Waals surface area contributed by atoms with Crippen molar-refractivity contribution in [1.29, 1.82) is 5.26 Å². The minimum absolute atomic E-state index is 0.121. The summed E-state index contributed by atoms with van der Waals surface area (Å²) in [4.78, 5) is 14.9. The van der Waals surface area contributed by atoms with Gasteiger partial charge in [0, 0.05) is 11.8 Å². The van der Waals surface area contributed by atoms with Crippen LogP contribution in [-0.4, -0.2) is 16.1 Å². The summed E-state index contributed by atoms with van der Waals surface area (Å²) in [6.07, 6.45) is 1.36. The first-order chi connectivity index (χ1) is 6.19. The molecule has 0 aromatic carbocycles. The van der Waals surface area contributed by atoms with E-state index in [0.717, 1.165) is 0 Å². The van der Waals surface area contributed by atoms with Gasteiger partial charge >= 0.3 is 0 Å². The SMILES string of the molecule is N#Cc1cc(C(=O)CBr)cnc1N. The van der Waals surface area contributed by atoms with Crippen molar-refractivity contribution in [3.8, 4) is 6.07 Å². The largest absolute Gasteiger partial charge is 0.383 e. The molecule has 1 rings (SSSR count). The third-order valence-electron chi connectivity index (χ3n) is 1.48. The summed E-state index contributed by atoms with van der Waals surface area (Å²) in [6.45, 7) is 0. The molecule has 0 saturated carbocycles. The number of ketones is 1. The minimum atomic E-state index is -0.121. The monoisotopic (exact) mass is 239 g/mol. The number of nitriles is 1. The van der Waals surface area contributed by atoms with Crippen molar-refractivity contribution in [3.63, 3.8) is 0 Å². The second-order valence-corrected chi connectivity index (χ2v) is 2.89. The van der Waals surface area contributed by atoms with Gasteiger partial charge in [0.1, 0.15) is 11.9 Å². The van der Waals surface area contributed by atoms with Crippen molar-refractivity contribution in [2.45, 2.75) is 0 Å². The number of anilines is 1. The molecule has 0 bridgehead atoms. The highest BCUT2D eigenvalue weighted by molar-refractivity contribution is 9.09. The molecule has 0 aliphatic rings. The van der Waals surface area contributed by atoms with Gasteiger partial charge in [0.25, 0.3) is 0 Å². The van der Waals surface area contributed by atoms with E-state index in [1.807, 2.05) is 6.07 Å². The number of carbonyl (C=O) groups is 1. The molecule has 4 nitrogen and oxygen atoms in total. The molecule has 1 aromatic heterocycles. The van der Waals surface area contributed by atoms with Gasteiger partial charge in [0.05, 0.1) is 10.9 Å². The molecule has 0 atom stereocenters. The van der Waals surface area contributed by atoms with Crippen LogP contribution < -0.4 is 5.73 Å². The lowest BCUT2D eigenvalue weighted by Crippen LogP contribution is -2.03. The van der Waals surface area contributed by atoms with Gasteiger partial charge in [-0.05, 0) is 6.07 Å². The molecule has 13 heavy (non-hydrogen) atoms. The molecule has 1 aromatic rings. The Morgan fingerprint density at radius 2 is 2.46 bits per heavy atom. The maximum atomic E-state index is 11.2. The fourth-order valence-corrected chi connectivity index (χ4v) is 1.12. The zero-order valence-corrected chi connectivity index (χ0v) is 8.21. The third-order valence-corrected chi connectivity index (χ3v) is 1.99. The normalized spacial score (nSPS) is 9.23. The van der Waals surface area contributed by atoms with Crippen molar-refractivity contribution in [3.05, 3.63) is 23.4 Å². The lowest BCUT2D eigenvalue weighted by molar-refractivity contribution is 0.102. The Balaban J connectivity index is 3.15. The number of rotatable bonds is 2. The van der Waals surface area contributed by atoms with Gasteiger partial charge < -0.3 is 5.73 Å². The smallest absolute Gasteiger partial charge is 0.174 e. The molecule has 0 fully saturated rings. The number of halogens is 1. The average Bonchev–Trinajstić information content (AvgIpc) is 2.17. The number of nitrogen functional groups attached to an aromatic ring is 1. The molecular weight excluding hydrogens is 234 g/mol. The Bertz CT molecular complexity index is 383. The summed E-state index contributed by atoms with van der Waals surface area (Å²) >= 11 is 3.03. The van der Waals surface area contributed by atoms with Crippen LogP contribution in [0.5, 0.6) is 0 Å². The number of carbonyl (C=O) groups excluding carboxylic acids is 1. The number of hydrogen-bond acceptors (Lipinski definition) is 4. The van der Waals surface area contributed by atoms with E-state index in [1.165, 1.54) is 12.3 Å². The van der Waals surface area contributed by atoms with Gasteiger partial charge in [0.2, 0.25) is 0 Å². The number of Topliss-reactive ketones (excluding diaryl/α,β-unsaturated/α-hetero) is 1. The fraction of sp³-hybridized carbons (Fsp3) is 0.125. The van der Waals surface area contributed by atoms with Crippen molar-refractivity contribution in [2.75, 3.05) is 11.1 Å². The van der Waals surface area contributed by atoms with E-state index in [1.54, 1.807) is 0 Å². The number of aromatic nitrogens is 1. The quantitative estimate of drug-likeness (QED) is 0.620. The molecule has 2 N–H and O–H groups in total. The van der Waals surface area contributed by atoms with E-state index >= 15 is 0 Å². The van der Waals surface area contributed by atoms with Crippen molar-refractivity contribution < 1.29 is 4.79 Å². The molecule has 66 valence electrons. The maximum absolute atomic E-state index is 11.2. The highest BCUT2D eigenvalue weighted by atomic mass is 79.9. The van der Waals surface area contributed by atoms with Gasteiger partial charge in [-0.25, -0.2) is 4.98 Å². The lowest BCUT2D eigenvalue weighted by atomic mass is 10.1. The molecule has 0 saturated heterocycles. The molecule has 0 unspecified atom stereocenters. The van der Waals surface area contributed by atoms with Crippen molar-refractivity contribution >= 4 is 27.5 Å². The van der Waals surface area contributed by atoms with Crippen LogP contribution in [0.25, 0.3) is 0 Å². The predicted octanol–water partition coefficient (Wildman–Crippen LogP) is 1.11. The summed E-state index contributed by atoms with van der Waals surface area (Å²) < 4.78 is 0. The number of nitrogens with two attached hydrogens (primary N) is 1. The fourth-order valence-electron chi connectivity index (χ4n) is 0.795. The van der Waals surface area contributed by atoms with Crippen LogP contribution in [0.4, 0.5) is 5.82 Å². The summed E-state index contributed by atoms with van der Waals surface area (Å²) in [6, 6.07) is 3.30. The molecule has 1 heterocycles. The van der Waals surface area contributed by atoms with Gasteiger partial charge in [-0.3, -0.25) is 4.79 Å². The Hall–Kier alpha value is -1.41. The maximum Gasteiger partial charge on any atom is 0.174 e. The van der Waals surface area contributed by atoms with E-state index in [4.69, 9.17) is 11.0 Å². The van der Waals surface area contributed by atoms with Gasteiger partial charge in [0.15, 0.2) is 5.78 Å². The number of nitrogens with zero attached hydrogens (tertiary/aromatic N) is 2. The summed E-state index contributed by atoms with van der Waals surface area (Å²) in [5, 5.41) is 8.82. The van der Waals surface area contributed by atoms with Crippen LogP contribution in [0.3, 0.4) is 0 Å². The lowest BCUT2D eigenvalue weighted by Gasteiger charge is -1.99. The second-order valence-electron chi connectivity index (χ2n) is 2.33. The molecular formula is C8H6BrN3O. The molecule has 0 aliphatic heterocycles. The number of hydrogen-bond donors (Lipinski definition) is 1. The zero-order valence-electron chi connectivity index (χ0n) is 6.62. The molecule has 0 aliphatic carbocycles. The second kappa shape index (κ2) is 4.01. The Morgan fingerprint density at radius 1 is 1.77 bits per heavy atom. The third kappa shape index (κ3) is 2.04. The Morgan fingerprint density at radius 3 is 3.00 bits per heavy atom. The van der Waals surface area contributed by atoms with Crippen LogP contribution >= 0.6 is 15.9 Å². The first-order valence-corrected chi connectivity index (χ1v) is 4.56. The van der Waals surface area contributed by atoms with Crippen LogP contribution in [0.15, 0.2) is 12.3 Å². The Labute approximate surface area is 83.5 Å². The molecule has 0 amide bonds. The van der Waals surface area contributed by atoms with Gasteiger partial charge in [-0.2, -0.15) is 5.26 Å². The standard InChI is InChI=1S/C8H6BrN3O/c9-2-7(13)6-1-5(3-10)8(11)12-4-6/h1,4H,2H2,(H2,11,12). The zero-order chi connectivity index (χ0) is 9.84. The van der Waals surface area contributed by atoms with E-state index in [9.17, 15) is 4.79 Å². The van der Waals surface area contributed by atoms with Crippen LogP contribution in [0, 0.1) is 11.3 Å². The minimum Gasteiger partial charge on any atom is -0.383 e. The highest BCUT2D eigenvalue weighted by Crippen LogP contribution is 2.10. The van der Waals surface area contributed by atoms with Crippen LogP contribution in [-0.2, 0) is 0 Å². The molecule has 5 heteroatoms. The van der Waals surface area contributed by atoms with Crippen LogP contribution in [0.2, 0.25) is 0 Å². The van der Waals surface area contributed by atoms with E-state index in [2.05, 4.69) is 20.9 Å². The van der Waals surface area contributed by atoms with E-state index < -0.39 is 0 Å². The van der Waals surface area contributed by atoms with Gasteiger partial charge in [-0.1, -0.05) is 15.9 Å². The molecule has 0 spiro atoms. The summed E-state index contributed by atoms with van der Waals surface area (Å²) in [7, 11) is 0. The predicted molar refractivity (Wildman–Crippen MR) is 51.5 cm³/mol. The topological polar surface area (TPSA) is 79.8 Å². The summed E-state index contributed by atoms with van der Waals surface area (Å²) in [5.74, 6) is 0.0256. The average molecular weight is 240 g/mol. The van der Waals surface area contributed by atoms with E-state index in [-0.39, 0.29) is 22.5 Å². The molecule has 0 radical (unpaired) electrons. The van der Waals surface area contributed by atoms with E-state index in [0.29, 0.717) is 5.56 Å². The summed E-state index contributed by atoms with van der Waals surface area (Å²) in [5.41, 5.74) is 6.00. The van der Waals surface area contributed by atoms with Crippen LogP contribution in [0.1, 0.15) is 15.9 Å². The highest BCUT2D eigenvalue weighted by Gasteiger charge is 2.07.